The van der Waals surface area contributed by atoms with Crippen LogP contribution in [0.4, 0.5) is 0 Å². The molecule has 0 saturated carbocycles. The summed E-state index contributed by atoms with van der Waals surface area (Å²) in [5, 5.41) is 7.04. The van der Waals surface area contributed by atoms with Crippen molar-refractivity contribution in [3.05, 3.63) is 23.9 Å². The summed E-state index contributed by atoms with van der Waals surface area (Å²) in [6.07, 6.45) is 6.99. The van der Waals surface area contributed by atoms with Crippen molar-refractivity contribution in [2.24, 2.45) is 21.6 Å². The summed E-state index contributed by atoms with van der Waals surface area (Å²) < 4.78 is 0. The summed E-state index contributed by atoms with van der Waals surface area (Å²) in [7, 11) is 0. The SMILES string of the molecule is CC1(C)C=CC=C(N=NN)C1. The quantitative estimate of drug-likeness (QED) is 0.348. The zero-order valence-corrected chi connectivity index (χ0v) is 6.91. The van der Waals surface area contributed by atoms with E-state index in [-0.39, 0.29) is 5.41 Å². The third-order valence-corrected chi connectivity index (χ3v) is 1.66. The van der Waals surface area contributed by atoms with Crippen LogP contribution in [0, 0.1) is 5.41 Å². The molecule has 60 valence electrons. The van der Waals surface area contributed by atoms with E-state index >= 15 is 0 Å². The molecule has 0 spiro atoms. The summed E-state index contributed by atoms with van der Waals surface area (Å²) in [6, 6.07) is 0. The standard InChI is InChI=1S/C8H13N3/c1-8(2)5-3-4-7(6-8)10-11-9/h3-5H,6H2,1-2H3,(H2,9,10). The largest absolute Gasteiger partial charge is 0.305 e. The Hall–Kier alpha value is -1.12. The highest BCUT2D eigenvalue weighted by atomic mass is 15.3. The number of hydrogen-bond acceptors (Lipinski definition) is 2. The summed E-state index contributed by atoms with van der Waals surface area (Å²) in [5.41, 5.74) is 1.14. The first-order chi connectivity index (χ1) is 5.14. The van der Waals surface area contributed by atoms with Crippen molar-refractivity contribution in [2.45, 2.75) is 20.3 Å². The zero-order valence-electron chi connectivity index (χ0n) is 6.91. The molecule has 0 heterocycles. The van der Waals surface area contributed by atoms with E-state index in [2.05, 4.69) is 30.3 Å². The first kappa shape index (κ1) is 7.98. The van der Waals surface area contributed by atoms with E-state index in [9.17, 15) is 0 Å². The van der Waals surface area contributed by atoms with Crippen molar-refractivity contribution in [3.63, 3.8) is 0 Å². The fourth-order valence-electron chi connectivity index (χ4n) is 1.15. The molecular formula is C8H13N3. The molecule has 1 rings (SSSR count). The van der Waals surface area contributed by atoms with Crippen LogP contribution in [0.3, 0.4) is 0 Å². The highest BCUT2D eigenvalue weighted by molar-refractivity contribution is 5.21. The first-order valence-corrected chi connectivity index (χ1v) is 3.63. The molecule has 0 fully saturated rings. The summed E-state index contributed by atoms with van der Waals surface area (Å²) in [6.45, 7) is 4.31. The number of nitrogens with zero attached hydrogens (tertiary/aromatic N) is 2. The lowest BCUT2D eigenvalue weighted by Crippen LogP contribution is -2.10. The van der Waals surface area contributed by atoms with Crippen molar-refractivity contribution in [3.8, 4) is 0 Å². The third kappa shape index (κ3) is 2.18. The second-order valence-electron chi connectivity index (χ2n) is 3.40. The van der Waals surface area contributed by atoms with Crippen molar-refractivity contribution in [1.29, 1.82) is 0 Å². The van der Waals surface area contributed by atoms with E-state index in [1.807, 2.05) is 12.2 Å². The molecule has 0 bridgehead atoms. The molecule has 1 aliphatic rings. The van der Waals surface area contributed by atoms with Gasteiger partial charge in [0.15, 0.2) is 0 Å². The Labute approximate surface area is 66.7 Å². The van der Waals surface area contributed by atoms with Gasteiger partial charge in [-0.2, -0.15) is 0 Å². The van der Waals surface area contributed by atoms with E-state index in [1.165, 1.54) is 0 Å². The maximum absolute atomic E-state index is 4.94. The maximum Gasteiger partial charge on any atom is 0.0656 e. The number of nitrogens with two attached hydrogens (primary N) is 1. The molecule has 0 unspecified atom stereocenters. The van der Waals surface area contributed by atoms with Crippen molar-refractivity contribution >= 4 is 0 Å². The fraction of sp³-hybridized carbons (Fsp3) is 0.500. The normalized spacial score (nSPS) is 22.2. The van der Waals surface area contributed by atoms with Gasteiger partial charge in [-0.15, -0.1) is 5.11 Å². The minimum atomic E-state index is 0.193. The van der Waals surface area contributed by atoms with Crippen LogP contribution in [0.2, 0.25) is 0 Å². The van der Waals surface area contributed by atoms with Gasteiger partial charge in [-0.1, -0.05) is 31.2 Å². The predicted molar refractivity (Wildman–Crippen MR) is 44.7 cm³/mol. The average Bonchev–Trinajstić information content (AvgIpc) is 1.85. The van der Waals surface area contributed by atoms with Crippen LogP contribution in [-0.4, -0.2) is 0 Å². The van der Waals surface area contributed by atoms with E-state index in [4.69, 9.17) is 5.84 Å². The lowest BCUT2D eigenvalue weighted by atomic mass is 9.85. The first-order valence-electron chi connectivity index (χ1n) is 3.63. The van der Waals surface area contributed by atoms with Gasteiger partial charge in [-0.3, -0.25) is 0 Å². The van der Waals surface area contributed by atoms with Crippen LogP contribution in [0.1, 0.15) is 20.3 Å². The fourth-order valence-corrected chi connectivity index (χ4v) is 1.15. The van der Waals surface area contributed by atoms with Crippen LogP contribution >= 0.6 is 0 Å². The van der Waals surface area contributed by atoms with Crippen molar-refractivity contribution < 1.29 is 0 Å². The monoisotopic (exact) mass is 151 g/mol. The lowest BCUT2D eigenvalue weighted by molar-refractivity contribution is 0.465. The smallest absolute Gasteiger partial charge is 0.0656 e. The average molecular weight is 151 g/mol. The molecule has 2 N–H and O–H groups in total. The molecule has 0 aliphatic heterocycles. The molecule has 0 amide bonds. The van der Waals surface area contributed by atoms with Crippen molar-refractivity contribution in [2.75, 3.05) is 0 Å². The summed E-state index contributed by atoms with van der Waals surface area (Å²) in [5.74, 6) is 4.94. The second kappa shape index (κ2) is 2.86. The summed E-state index contributed by atoms with van der Waals surface area (Å²) >= 11 is 0. The van der Waals surface area contributed by atoms with Gasteiger partial charge >= 0.3 is 0 Å². The minimum Gasteiger partial charge on any atom is -0.305 e. The van der Waals surface area contributed by atoms with Gasteiger partial charge in [0.05, 0.1) is 5.70 Å². The highest BCUT2D eigenvalue weighted by Crippen LogP contribution is 2.30. The Morgan fingerprint density at radius 2 is 2.27 bits per heavy atom. The molecule has 0 aromatic heterocycles. The van der Waals surface area contributed by atoms with Crippen LogP contribution < -0.4 is 5.84 Å². The van der Waals surface area contributed by atoms with E-state index in [0.29, 0.717) is 0 Å². The molecule has 0 atom stereocenters. The lowest BCUT2D eigenvalue weighted by Gasteiger charge is -2.22. The van der Waals surface area contributed by atoms with Gasteiger partial charge in [0, 0.05) is 6.42 Å². The second-order valence-corrected chi connectivity index (χ2v) is 3.40. The molecule has 0 aromatic carbocycles. The van der Waals surface area contributed by atoms with Crippen LogP contribution in [0.25, 0.3) is 0 Å². The molecule has 3 heteroatoms. The highest BCUT2D eigenvalue weighted by Gasteiger charge is 2.18. The molecule has 1 aliphatic carbocycles. The predicted octanol–water partition coefficient (Wildman–Crippen LogP) is 2.18. The van der Waals surface area contributed by atoms with Gasteiger partial charge in [0.2, 0.25) is 0 Å². The van der Waals surface area contributed by atoms with Gasteiger partial charge in [0.1, 0.15) is 0 Å². The van der Waals surface area contributed by atoms with Crippen LogP contribution in [0.15, 0.2) is 34.3 Å². The molecule has 0 radical (unpaired) electrons. The zero-order chi connectivity index (χ0) is 8.32. The van der Waals surface area contributed by atoms with E-state index < -0.39 is 0 Å². The van der Waals surface area contributed by atoms with Gasteiger partial charge in [0.25, 0.3) is 0 Å². The molecule has 0 aromatic rings. The number of allylic oxidation sites excluding steroid dienone is 4. The minimum absolute atomic E-state index is 0.193. The van der Waals surface area contributed by atoms with E-state index in [1.54, 1.807) is 0 Å². The number of rotatable bonds is 1. The van der Waals surface area contributed by atoms with Gasteiger partial charge < -0.3 is 5.84 Å². The molecule has 11 heavy (non-hydrogen) atoms. The van der Waals surface area contributed by atoms with Crippen molar-refractivity contribution in [1.82, 2.24) is 0 Å². The number of hydrogen-bond donors (Lipinski definition) is 1. The maximum atomic E-state index is 4.94. The van der Waals surface area contributed by atoms with Gasteiger partial charge in [-0.05, 0) is 11.5 Å². The third-order valence-electron chi connectivity index (χ3n) is 1.66. The summed E-state index contributed by atoms with van der Waals surface area (Å²) in [4.78, 5) is 0. The Kier molecular flexibility index (Phi) is 2.08. The van der Waals surface area contributed by atoms with Crippen LogP contribution in [0.5, 0.6) is 0 Å². The molecular weight excluding hydrogens is 138 g/mol. The Morgan fingerprint density at radius 3 is 2.82 bits per heavy atom. The Bertz CT molecular complexity index is 223. The topological polar surface area (TPSA) is 50.7 Å². The Balaban J connectivity index is 2.73. The Morgan fingerprint density at radius 1 is 1.55 bits per heavy atom. The van der Waals surface area contributed by atoms with Gasteiger partial charge in [-0.25, -0.2) is 0 Å². The van der Waals surface area contributed by atoms with E-state index in [0.717, 1.165) is 12.1 Å². The molecule has 3 nitrogen and oxygen atoms in total. The van der Waals surface area contributed by atoms with Crippen LogP contribution in [-0.2, 0) is 0 Å². The molecule has 0 saturated heterocycles.